The first-order valence-electron chi connectivity index (χ1n) is 6.57. The van der Waals surface area contributed by atoms with Gasteiger partial charge < -0.3 is 10.4 Å². The van der Waals surface area contributed by atoms with Gasteiger partial charge in [-0.3, -0.25) is 0 Å². The number of benzene rings is 2. The maximum atomic E-state index is 9.93. The van der Waals surface area contributed by atoms with Crippen LogP contribution < -0.4 is 5.32 Å². The van der Waals surface area contributed by atoms with E-state index in [9.17, 15) is 5.11 Å². The fourth-order valence-electron chi connectivity index (χ4n) is 2.40. The second-order valence-corrected chi connectivity index (χ2v) is 5.25. The van der Waals surface area contributed by atoms with Crippen LogP contribution in [0.15, 0.2) is 30.3 Å². The average molecular weight is 255 g/mol. The van der Waals surface area contributed by atoms with Crippen molar-refractivity contribution in [1.82, 2.24) is 0 Å². The summed E-state index contributed by atoms with van der Waals surface area (Å²) in [5.74, 6) is 0.380. The quantitative estimate of drug-likeness (QED) is 0.860. The highest BCUT2D eigenvalue weighted by atomic mass is 16.3. The number of nitrogens with one attached hydrogen (secondary N) is 1. The Kier molecular flexibility index (Phi) is 3.79. The van der Waals surface area contributed by atoms with Crippen LogP contribution in [0.25, 0.3) is 0 Å². The van der Waals surface area contributed by atoms with Gasteiger partial charge in [0, 0.05) is 17.8 Å². The van der Waals surface area contributed by atoms with E-state index in [1.54, 1.807) is 0 Å². The fourth-order valence-corrected chi connectivity index (χ4v) is 2.40. The van der Waals surface area contributed by atoms with Crippen LogP contribution in [0.3, 0.4) is 0 Å². The SMILES string of the molecule is Cc1cc(C)cc(CNc2ccc(C)c(O)c2C)c1. The Labute approximate surface area is 115 Å². The molecule has 2 aromatic rings. The second kappa shape index (κ2) is 5.35. The van der Waals surface area contributed by atoms with Crippen LogP contribution in [0.1, 0.15) is 27.8 Å². The summed E-state index contributed by atoms with van der Waals surface area (Å²) in [6.45, 7) is 8.84. The van der Waals surface area contributed by atoms with Crippen LogP contribution in [-0.4, -0.2) is 5.11 Å². The molecule has 19 heavy (non-hydrogen) atoms. The normalized spacial score (nSPS) is 10.5. The standard InChI is InChI=1S/C17H21NO/c1-11-7-12(2)9-15(8-11)10-18-16-6-5-13(3)17(19)14(16)4/h5-9,18-19H,10H2,1-4H3. The number of rotatable bonds is 3. The zero-order chi connectivity index (χ0) is 14.0. The maximum Gasteiger partial charge on any atom is 0.123 e. The van der Waals surface area contributed by atoms with Gasteiger partial charge in [0.15, 0.2) is 0 Å². The molecule has 0 aliphatic heterocycles. The van der Waals surface area contributed by atoms with Crippen molar-refractivity contribution in [2.75, 3.05) is 5.32 Å². The minimum atomic E-state index is 0.380. The molecule has 0 unspecified atom stereocenters. The third-order valence-electron chi connectivity index (χ3n) is 3.40. The molecule has 0 heterocycles. The molecule has 2 rings (SSSR count). The van der Waals surface area contributed by atoms with Crippen molar-refractivity contribution in [2.45, 2.75) is 34.2 Å². The van der Waals surface area contributed by atoms with Crippen molar-refractivity contribution in [1.29, 1.82) is 0 Å². The molecule has 0 spiro atoms. The number of hydrogen-bond acceptors (Lipinski definition) is 2. The third kappa shape index (κ3) is 3.08. The van der Waals surface area contributed by atoms with Crippen LogP contribution >= 0.6 is 0 Å². The van der Waals surface area contributed by atoms with E-state index in [0.29, 0.717) is 5.75 Å². The monoisotopic (exact) mass is 255 g/mol. The molecule has 0 aromatic heterocycles. The predicted octanol–water partition coefficient (Wildman–Crippen LogP) is 4.24. The minimum absolute atomic E-state index is 0.380. The zero-order valence-corrected chi connectivity index (χ0v) is 12.0. The van der Waals surface area contributed by atoms with Crippen molar-refractivity contribution in [3.05, 3.63) is 58.1 Å². The highest BCUT2D eigenvalue weighted by Crippen LogP contribution is 2.28. The highest BCUT2D eigenvalue weighted by Gasteiger charge is 2.05. The van der Waals surface area contributed by atoms with E-state index >= 15 is 0 Å². The van der Waals surface area contributed by atoms with E-state index in [4.69, 9.17) is 0 Å². The predicted molar refractivity (Wildman–Crippen MR) is 80.8 cm³/mol. The molecule has 0 saturated carbocycles. The van der Waals surface area contributed by atoms with Crippen molar-refractivity contribution in [3.8, 4) is 5.75 Å². The summed E-state index contributed by atoms with van der Waals surface area (Å²) in [7, 11) is 0. The number of hydrogen-bond donors (Lipinski definition) is 2. The Morgan fingerprint density at radius 2 is 1.58 bits per heavy atom. The van der Waals surface area contributed by atoms with Gasteiger partial charge in [0.05, 0.1) is 0 Å². The van der Waals surface area contributed by atoms with Gasteiger partial charge >= 0.3 is 0 Å². The average Bonchev–Trinajstić information content (AvgIpc) is 2.34. The van der Waals surface area contributed by atoms with Crippen molar-refractivity contribution in [3.63, 3.8) is 0 Å². The van der Waals surface area contributed by atoms with Crippen LogP contribution in [-0.2, 0) is 6.54 Å². The Bertz CT molecular complexity index is 582. The lowest BCUT2D eigenvalue weighted by Crippen LogP contribution is -2.02. The summed E-state index contributed by atoms with van der Waals surface area (Å²) < 4.78 is 0. The number of aromatic hydroxyl groups is 1. The van der Waals surface area contributed by atoms with Crippen molar-refractivity contribution < 1.29 is 5.11 Å². The van der Waals surface area contributed by atoms with Gasteiger partial charge in [-0.1, -0.05) is 35.4 Å². The summed E-state index contributed by atoms with van der Waals surface area (Å²) in [5, 5.41) is 13.3. The summed E-state index contributed by atoms with van der Waals surface area (Å²) in [6.07, 6.45) is 0. The van der Waals surface area contributed by atoms with Gasteiger partial charge in [-0.2, -0.15) is 0 Å². The van der Waals surface area contributed by atoms with E-state index in [2.05, 4.69) is 37.4 Å². The molecule has 2 nitrogen and oxygen atoms in total. The van der Waals surface area contributed by atoms with Crippen LogP contribution in [0, 0.1) is 27.7 Å². The summed E-state index contributed by atoms with van der Waals surface area (Å²) in [5.41, 5.74) is 6.62. The first kappa shape index (κ1) is 13.5. The lowest BCUT2D eigenvalue weighted by atomic mass is 10.1. The maximum absolute atomic E-state index is 9.93. The van der Waals surface area contributed by atoms with E-state index in [0.717, 1.165) is 23.4 Å². The number of phenols is 1. The fraction of sp³-hybridized carbons (Fsp3) is 0.294. The third-order valence-corrected chi connectivity index (χ3v) is 3.40. The van der Waals surface area contributed by atoms with E-state index < -0.39 is 0 Å². The molecule has 0 aliphatic carbocycles. The molecule has 2 aromatic carbocycles. The van der Waals surface area contributed by atoms with Gasteiger partial charge in [0.1, 0.15) is 5.75 Å². The second-order valence-electron chi connectivity index (χ2n) is 5.25. The first-order valence-corrected chi connectivity index (χ1v) is 6.57. The van der Waals surface area contributed by atoms with E-state index in [1.165, 1.54) is 16.7 Å². The van der Waals surface area contributed by atoms with E-state index in [1.807, 2.05) is 26.0 Å². The molecule has 0 bridgehead atoms. The largest absolute Gasteiger partial charge is 0.507 e. The number of phenolic OH excluding ortho intramolecular Hbond substituents is 1. The summed E-state index contributed by atoms with van der Waals surface area (Å²) >= 11 is 0. The first-order chi connectivity index (χ1) is 8.97. The number of aryl methyl sites for hydroxylation is 3. The Balaban J connectivity index is 2.17. The van der Waals surface area contributed by atoms with Crippen LogP contribution in [0.4, 0.5) is 5.69 Å². The zero-order valence-electron chi connectivity index (χ0n) is 12.0. The smallest absolute Gasteiger partial charge is 0.123 e. The molecule has 0 radical (unpaired) electrons. The summed E-state index contributed by atoms with van der Waals surface area (Å²) in [4.78, 5) is 0. The molecule has 0 fully saturated rings. The Morgan fingerprint density at radius 3 is 2.21 bits per heavy atom. The molecule has 2 N–H and O–H groups in total. The van der Waals surface area contributed by atoms with Crippen molar-refractivity contribution >= 4 is 5.69 Å². The molecule has 2 heteroatoms. The molecule has 0 atom stereocenters. The molecule has 0 amide bonds. The van der Waals surface area contributed by atoms with Gasteiger partial charge in [0.2, 0.25) is 0 Å². The van der Waals surface area contributed by atoms with E-state index in [-0.39, 0.29) is 0 Å². The highest BCUT2D eigenvalue weighted by molar-refractivity contribution is 5.59. The Morgan fingerprint density at radius 1 is 0.947 bits per heavy atom. The van der Waals surface area contributed by atoms with Crippen LogP contribution in [0.2, 0.25) is 0 Å². The van der Waals surface area contributed by atoms with Gasteiger partial charge in [0.25, 0.3) is 0 Å². The topological polar surface area (TPSA) is 32.3 Å². The molecular weight excluding hydrogens is 234 g/mol. The number of anilines is 1. The molecule has 100 valence electrons. The lowest BCUT2D eigenvalue weighted by Gasteiger charge is -2.13. The van der Waals surface area contributed by atoms with Gasteiger partial charge in [-0.05, 0) is 44.9 Å². The van der Waals surface area contributed by atoms with Crippen molar-refractivity contribution in [2.24, 2.45) is 0 Å². The van der Waals surface area contributed by atoms with Gasteiger partial charge in [-0.25, -0.2) is 0 Å². The Hall–Kier alpha value is -1.96. The lowest BCUT2D eigenvalue weighted by molar-refractivity contribution is 0.467. The van der Waals surface area contributed by atoms with Crippen LogP contribution in [0.5, 0.6) is 5.75 Å². The van der Waals surface area contributed by atoms with Gasteiger partial charge in [-0.15, -0.1) is 0 Å². The molecular formula is C17H21NO. The molecule has 0 aliphatic rings. The molecule has 0 saturated heterocycles. The minimum Gasteiger partial charge on any atom is -0.507 e. The summed E-state index contributed by atoms with van der Waals surface area (Å²) in [6, 6.07) is 10.5.